The average molecular weight is 264 g/mol. The minimum absolute atomic E-state index is 0.830. The summed E-state index contributed by atoms with van der Waals surface area (Å²) >= 11 is 0. The number of aryl methyl sites for hydroxylation is 2. The van der Waals surface area contributed by atoms with Gasteiger partial charge in [-0.05, 0) is 19.3 Å². The number of hydrogen-bond acceptors (Lipinski definition) is 2. The zero-order valence-corrected chi connectivity index (χ0v) is 12.7. The van der Waals surface area contributed by atoms with Gasteiger partial charge in [0.05, 0.1) is 11.3 Å². The predicted molar refractivity (Wildman–Crippen MR) is 79.7 cm³/mol. The van der Waals surface area contributed by atoms with Gasteiger partial charge in [0.15, 0.2) is 6.29 Å². The van der Waals surface area contributed by atoms with E-state index in [4.69, 9.17) is 0 Å². The number of rotatable bonds is 10. The second kappa shape index (κ2) is 8.89. The first-order chi connectivity index (χ1) is 9.28. The maximum atomic E-state index is 11.2. The van der Waals surface area contributed by atoms with Gasteiger partial charge >= 0.3 is 0 Å². The molecule has 108 valence electrons. The Balaban J connectivity index is 2.53. The summed E-state index contributed by atoms with van der Waals surface area (Å²) in [6.45, 7) is 7.35. The van der Waals surface area contributed by atoms with Gasteiger partial charge in [-0.2, -0.15) is 5.10 Å². The first-order valence-electron chi connectivity index (χ1n) is 7.82. The van der Waals surface area contributed by atoms with Crippen molar-refractivity contribution in [1.29, 1.82) is 0 Å². The molecule has 3 heteroatoms. The number of aldehydes is 1. The van der Waals surface area contributed by atoms with Crippen LogP contribution >= 0.6 is 0 Å². The molecule has 0 aromatic carbocycles. The number of carbonyl (C=O) groups excluding carboxylic acids is 1. The maximum Gasteiger partial charge on any atom is 0.153 e. The third-order valence-corrected chi connectivity index (χ3v) is 3.69. The molecule has 0 saturated heterocycles. The van der Waals surface area contributed by atoms with Crippen molar-refractivity contribution in [2.45, 2.75) is 78.7 Å². The molecule has 0 aliphatic carbocycles. The molecule has 0 aliphatic heterocycles. The van der Waals surface area contributed by atoms with Crippen molar-refractivity contribution in [1.82, 2.24) is 9.78 Å². The molecule has 1 rings (SSSR count). The van der Waals surface area contributed by atoms with E-state index in [9.17, 15) is 4.79 Å². The Morgan fingerprint density at radius 1 is 1.00 bits per heavy atom. The molecule has 3 nitrogen and oxygen atoms in total. The standard InChI is InChI=1S/C16H28N2O/c1-4-7-8-9-10-11-12-18-16(6-3)14(13-19)15(5-2)17-18/h13H,4-12H2,1-3H3. The molecular weight excluding hydrogens is 236 g/mol. The molecule has 0 atom stereocenters. The van der Waals surface area contributed by atoms with Gasteiger partial charge in [-0.1, -0.05) is 52.9 Å². The minimum atomic E-state index is 0.830. The maximum absolute atomic E-state index is 11.2. The summed E-state index contributed by atoms with van der Waals surface area (Å²) in [7, 11) is 0. The highest BCUT2D eigenvalue weighted by Gasteiger charge is 2.14. The quantitative estimate of drug-likeness (QED) is 0.469. The molecule has 0 fully saturated rings. The van der Waals surface area contributed by atoms with Crippen LogP contribution in [0.3, 0.4) is 0 Å². The topological polar surface area (TPSA) is 34.9 Å². The summed E-state index contributed by atoms with van der Waals surface area (Å²) in [6.07, 6.45) is 10.4. The highest BCUT2D eigenvalue weighted by Crippen LogP contribution is 2.15. The van der Waals surface area contributed by atoms with E-state index in [2.05, 4.69) is 30.6 Å². The Hall–Kier alpha value is -1.12. The van der Waals surface area contributed by atoms with Crippen LogP contribution in [0.2, 0.25) is 0 Å². The summed E-state index contributed by atoms with van der Waals surface area (Å²) in [5.74, 6) is 0. The lowest BCUT2D eigenvalue weighted by molar-refractivity contribution is 0.112. The predicted octanol–water partition coefficient (Wildman–Crippen LogP) is 4.18. The van der Waals surface area contributed by atoms with Gasteiger partial charge in [0.25, 0.3) is 0 Å². The van der Waals surface area contributed by atoms with Crippen molar-refractivity contribution in [3.63, 3.8) is 0 Å². The molecule has 0 spiro atoms. The highest BCUT2D eigenvalue weighted by atomic mass is 16.1. The third-order valence-electron chi connectivity index (χ3n) is 3.69. The average Bonchev–Trinajstić information content (AvgIpc) is 2.79. The summed E-state index contributed by atoms with van der Waals surface area (Å²) in [6, 6.07) is 0. The largest absolute Gasteiger partial charge is 0.298 e. The molecule has 1 aromatic rings. The molecular formula is C16H28N2O. The van der Waals surface area contributed by atoms with E-state index in [-0.39, 0.29) is 0 Å². The van der Waals surface area contributed by atoms with E-state index < -0.39 is 0 Å². The molecule has 0 N–H and O–H groups in total. The SMILES string of the molecule is CCCCCCCCn1nc(CC)c(C=O)c1CC. The molecule has 1 aromatic heterocycles. The van der Waals surface area contributed by atoms with Gasteiger partial charge < -0.3 is 0 Å². The summed E-state index contributed by atoms with van der Waals surface area (Å²) in [5.41, 5.74) is 2.90. The molecule has 0 saturated carbocycles. The van der Waals surface area contributed by atoms with Gasteiger partial charge in [-0.25, -0.2) is 0 Å². The van der Waals surface area contributed by atoms with Crippen LogP contribution in [-0.2, 0) is 19.4 Å². The van der Waals surface area contributed by atoms with E-state index in [1.165, 1.54) is 38.5 Å². The zero-order chi connectivity index (χ0) is 14.1. The first kappa shape index (κ1) is 15.9. The zero-order valence-electron chi connectivity index (χ0n) is 12.7. The molecule has 0 bridgehead atoms. The second-order valence-electron chi connectivity index (χ2n) is 5.12. The molecule has 0 aliphatic rings. The Morgan fingerprint density at radius 3 is 2.26 bits per heavy atom. The van der Waals surface area contributed by atoms with Crippen molar-refractivity contribution >= 4 is 6.29 Å². The second-order valence-corrected chi connectivity index (χ2v) is 5.12. The first-order valence-corrected chi connectivity index (χ1v) is 7.82. The molecule has 0 unspecified atom stereocenters. The fourth-order valence-corrected chi connectivity index (χ4v) is 2.56. The van der Waals surface area contributed by atoms with Crippen molar-refractivity contribution in [3.05, 3.63) is 17.0 Å². The Labute approximate surface area is 117 Å². The van der Waals surface area contributed by atoms with Gasteiger partial charge in [0, 0.05) is 12.2 Å². The van der Waals surface area contributed by atoms with E-state index in [0.29, 0.717) is 0 Å². The molecule has 19 heavy (non-hydrogen) atoms. The Kier molecular flexibility index (Phi) is 7.46. The molecule has 0 radical (unpaired) electrons. The normalized spacial score (nSPS) is 10.9. The lowest BCUT2D eigenvalue weighted by atomic mass is 10.1. The van der Waals surface area contributed by atoms with Crippen LogP contribution in [0.15, 0.2) is 0 Å². The molecule has 1 heterocycles. The van der Waals surface area contributed by atoms with Crippen LogP contribution in [0.25, 0.3) is 0 Å². The van der Waals surface area contributed by atoms with E-state index in [0.717, 1.165) is 42.6 Å². The minimum Gasteiger partial charge on any atom is -0.298 e. The summed E-state index contributed by atoms with van der Waals surface area (Å²) in [5, 5.41) is 4.59. The van der Waals surface area contributed by atoms with Gasteiger partial charge in [0.2, 0.25) is 0 Å². The van der Waals surface area contributed by atoms with Crippen molar-refractivity contribution in [2.75, 3.05) is 0 Å². The third kappa shape index (κ3) is 4.48. The van der Waals surface area contributed by atoms with Crippen LogP contribution in [0.1, 0.15) is 81.0 Å². The van der Waals surface area contributed by atoms with Gasteiger partial charge in [0.1, 0.15) is 0 Å². The van der Waals surface area contributed by atoms with Crippen LogP contribution < -0.4 is 0 Å². The number of nitrogens with zero attached hydrogens (tertiary/aromatic N) is 2. The molecule has 0 amide bonds. The number of aromatic nitrogens is 2. The van der Waals surface area contributed by atoms with Crippen LogP contribution in [0.4, 0.5) is 0 Å². The Morgan fingerprint density at radius 2 is 1.68 bits per heavy atom. The summed E-state index contributed by atoms with van der Waals surface area (Å²) in [4.78, 5) is 11.2. The fraction of sp³-hybridized carbons (Fsp3) is 0.750. The van der Waals surface area contributed by atoms with Crippen LogP contribution in [-0.4, -0.2) is 16.1 Å². The van der Waals surface area contributed by atoms with Crippen molar-refractivity contribution < 1.29 is 4.79 Å². The lowest BCUT2D eigenvalue weighted by Crippen LogP contribution is -2.05. The number of unbranched alkanes of at least 4 members (excludes halogenated alkanes) is 5. The monoisotopic (exact) mass is 264 g/mol. The van der Waals surface area contributed by atoms with Crippen LogP contribution in [0.5, 0.6) is 0 Å². The fourth-order valence-electron chi connectivity index (χ4n) is 2.56. The summed E-state index contributed by atoms with van der Waals surface area (Å²) < 4.78 is 2.06. The van der Waals surface area contributed by atoms with Crippen LogP contribution in [0, 0.1) is 0 Å². The van der Waals surface area contributed by atoms with Gasteiger partial charge in [-0.3, -0.25) is 9.48 Å². The van der Waals surface area contributed by atoms with Crippen molar-refractivity contribution in [2.24, 2.45) is 0 Å². The number of hydrogen-bond donors (Lipinski definition) is 0. The van der Waals surface area contributed by atoms with E-state index in [1.54, 1.807) is 0 Å². The Bertz CT molecular complexity index is 382. The van der Waals surface area contributed by atoms with E-state index >= 15 is 0 Å². The van der Waals surface area contributed by atoms with E-state index in [1.807, 2.05) is 0 Å². The number of carbonyl (C=O) groups is 1. The van der Waals surface area contributed by atoms with Gasteiger partial charge in [-0.15, -0.1) is 0 Å². The lowest BCUT2D eigenvalue weighted by Gasteiger charge is -2.06. The van der Waals surface area contributed by atoms with Crippen molar-refractivity contribution in [3.8, 4) is 0 Å². The smallest absolute Gasteiger partial charge is 0.153 e. The highest BCUT2D eigenvalue weighted by molar-refractivity contribution is 5.78.